The highest BCUT2D eigenvalue weighted by molar-refractivity contribution is 7.19. The Labute approximate surface area is 196 Å². The Balaban J connectivity index is 1.35. The molecule has 5 rings (SSSR count). The van der Waals surface area contributed by atoms with Gasteiger partial charge in [-0.05, 0) is 25.0 Å². The van der Waals surface area contributed by atoms with Crippen molar-refractivity contribution in [2.75, 3.05) is 13.7 Å². The molecular weight excluding hydrogens is 474 g/mol. The molecule has 2 fully saturated rings. The van der Waals surface area contributed by atoms with Gasteiger partial charge in [0.05, 0.1) is 27.9 Å². The Kier molecular flexibility index (Phi) is 5.37. The Morgan fingerprint density at radius 3 is 2.67 bits per heavy atom. The third kappa shape index (κ3) is 3.87. The van der Waals surface area contributed by atoms with Gasteiger partial charge in [-0.2, -0.15) is 0 Å². The van der Waals surface area contributed by atoms with Crippen molar-refractivity contribution in [1.29, 1.82) is 0 Å². The molecule has 1 aliphatic carbocycles. The van der Waals surface area contributed by atoms with Gasteiger partial charge in [0.2, 0.25) is 5.91 Å². The molecule has 0 spiro atoms. The molecule has 11 heteroatoms. The number of hydrogen-bond acceptors (Lipinski definition) is 5. The van der Waals surface area contributed by atoms with E-state index in [4.69, 9.17) is 16.3 Å². The van der Waals surface area contributed by atoms with Gasteiger partial charge in [0.15, 0.2) is 0 Å². The lowest BCUT2D eigenvalue weighted by atomic mass is 9.93. The highest BCUT2D eigenvalue weighted by atomic mass is 35.5. The summed E-state index contributed by atoms with van der Waals surface area (Å²) in [5, 5.41) is 9.37. The van der Waals surface area contributed by atoms with Crippen molar-refractivity contribution in [2.45, 2.75) is 30.3 Å². The SMILES string of the molecule is COc1cc(F)c([C@@H]2CNC(=O)[C@H]2NC(=O)NC2(c3nc4cccc(Cl)c4s3)CC2)c(F)c1. The van der Waals surface area contributed by atoms with E-state index in [-0.39, 0.29) is 17.9 Å². The molecule has 7 nitrogen and oxygen atoms in total. The number of hydrogen-bond donors (Lipinski definition) is 3. The van der Waals surface area contributed by atoms with Gasteiger partial charge in [-0.3, -0.25) is 4.79 Å². The summed E-state index contributed by atoms with van der Waals surface area (Å²) in [7, 11) is 1.30. The maximum Gasteiger partial charge on any atom is 0.316 e. The minimum absolute atomic E-state index is 0.00847. The summed E-state index contributed by atoms with van der Waals surface area (Å²) in [4.78, 5) is 29.9. The van der Waals surface area contributed by atoms with Crippen LogP contribution in [-0.2, 0) is 10.3 Å². The zero-order valence-corrected chi connectivity index (χ0v) is 18.9. The number of aromatic nitrogens is 1. The van der Waals surface area contributed by atoms with Gasteiger partial charge in [0.25, 0.3) is 0 Å². The van der Waals surface area contributed by atoms with Crippen molar-refractivity contribution < 1.29 is 23.1 Å². The molecule has 2 heterocycles. The molecule has 2 atom stereocenters. The van der Waals surface area contributed by atoms with Crippen LogP contribution in [-0.4, -0.2) is 36.6 Å². The zero-order valence-electron chi connectivity index (χ0n) is 17.4. The molecule has 2 aliphatic rings. The number of ether oxygens (including phenoxy) is 1. The molecule has 1 saturated carbocycles. The number of urea groups is 1. The molecule has 1 saturated heterocycles. The van der Waals surface area contributed by atoms with Gasteiger partial charge in [0.1, 0.15) is 28.4 Å². The van der Waals surface area contributed by atoms with E-state index in [9.17, 15) is 18.4 Å². The predicted molar refractivity (Wildman–Crippen MR) is 120 cm³/mol. The maximum absolute atomic E-state index is 14.6. The predicted octanol–water partition coefficient (Wildman–Crippen LogP) is 3.81. The largest absolute Gasteiger partial charge is 0.497 e. The molecule has 0 radical (unpaired) electrons. The number of rotatable bonds is 5. The van der Waals surface area contributed by atoms with E-state index >= 15 is 0 Å². The Morgan fingerprint density at radius 1 is 1.30 bits per heavy atom. The van der Waals surface area contributed by atoms with Crippen LogP contribution in [0.25, 0.3) is 10.2 Å². The van der Waals surface area contributed by atoms with E-state index < -0.39 is 41.1 Å². The number of amides is 3. The molecule has 0 unspecified atom stereocenters. The summed E-state index contributed by atoms with van der Waals surface area (Å²) in [6.07, 6.45) is 1.36. The Bertz CT molecular complexity index is 1260. The van der Waals surface area contributed by atoms with Crippen molar-refractivity contribution in [1.82, 2.24) is 20.9 Å². The minimum Gasteiger partial charge on any atom is -0.497 e. The number of carbonyl (C=O) groups is 2. The molecule has 3 aromatic rings. The maximum atomic E-state index is 14.6. The van der Waals surface area contributed by atoms with Crippen LogP contribution >= 0.6 is 22.9 Å². The normalized spacial score (nSPS) is 21.0. The van der Waals surface area contributed by atoms with Crippen LogP contribution in [0.5, 0.6) is 5.75 Å². The smallest absolute Gasteiger partial charge is 0.316 e. The number of methoxy groups -OCH3 is 1. The first kappa shape index (κ1) is 21.8. The average molecular weight is 493 g/mol. The summed E-state index contributed by atoms with van der Waals surface area (Å²) in [5.74, 6) is -3.08. The first-order chi connectivity index (χ1) is 15.8. The van der Waals surface area contributed by atoms with Crippen LogP contribution in [0.3, 0.4) is 0 Å². The molecule has 172 valence electrons. The fourth-order valence-corrected chi connectivity index (χ4v) is 5.58. The van der Waals surface area contributed by atoms with Crippen LogP contribution in [0.1, 0.15) is 29.3 Å². The average Bonchev–Trinajstić information content (AvgIpc) is 3.26. The molecular formula is C22H19ClF2N4O3S. The molecule has 33 heavy (non-hydrogen) atoms. The first-order valence-corrected chi connectivity index (χ1v) is 11.5. The summed E-state index contributed by atoms with van der Waals surface area (Å²) in [6.45, 7) is -0.00847. The van der Waals surface area contributed by atoms with Crippen LogP contribution < -0.4 is 20.7 Å². The second kappa shape index (κ2) is 8.11. The molecule has 3 amide bonds. The van der Waals surface area contributed by atoms with E-state index in [0.717, 1.165) is 27.4 Å². The van der Waals surface area contributed by atoms with E-state index in [1.165, 1.54) is 18.4 Å². The Hall–Kier alpha value is -2.98. The molecule has 2 aromatic carbocycles. The number of fused-ring (bicyclic) bond motifs is 1. The second-order valence-electron chi connectivity index (χ2n) is 8.12. The number of halogens is 3. The van der Waals surface area contributed by atoms with Crippen LogP contribution in [0.15, 0.2) is 30.3 Å². The van der Waals surface area contributed by atoms with Gasteiger partial charge in [-0.15, -0.1) is 11.3 Å². The number of nitrogens with zero attached hydrogens (tertiary/aromatic N) is 1. The second-order valence-corrected chi connectivity index (χ2v) is 9.53. The summed E-state index contributed by atoms with van der Waals surface area (Å²) >= 11 is 7.66. The third-order valence-corrected chi connectivity index (χ3v) is 7.74. The lowest BCUT2D eigenvalue weighted by Crippen LogP contribution is -2.50. The number of thiazole rings is 1. The van der Waals surface area contributed by atoms with Gasteiger partial charge >= 0.3 is 6.03 Å². The Morgan fingerprint density at radius 2 is 2.03 bits per heavy atom. The fourth-order valence-electron chi connectivity index (χ4n) is 4.12. The molecule has 1 aromatic heterocycles. The van der Waals surface area contributed by atoms with E-state index in [0.29, 0.717) is 17.9 Å². The number of benzene rings is 2. The van der Waals surface area contributed by atoms with Crippen LogP contribution in [0.2, 0.25) is 5.02 Å². The zero-order chi connectivity index (χ0) is 23.3. The highest BCUT2D eigenvalue weighted by Gasteiger charge is 2.49. The first-order valence-electron chi connectivity index (χ1n) is 10.3. The van der Waals surface area contributed by atoms with Crippen LogP contribution in [0.4, 0.5) is 13.6 Å². The highest BCUT2D eigenvalue weighted by Crippen LogP contribution is 2.48. The lowest BCUT2D eigenvalue weighted by molar-refractivity contribution is -0.120. The van der Waals surface area contributed by atoms with Gasteiger partial charge in [0, 0.05) is 30.2 Å². The quantitative estimate of drug-likeness (QED) is 0.505. The number of carbonyl (C=O) groups excluding carboxylic acids is 2. The summed E-state index contributed by atoms with van der Waals surface area (Å²) in [5.41, 5.74) is -0.184. The van der Waals surface area contributed by atoms with Gasteiger partial charge in [-0.1, -0.05) is 17.7 Å². The lowest BCUT2D eigenvalue weighted by Gasteiger charge is -2.22. The monoisotopic (exact) mass is 492 g/mol. The van der Waals surface area contributed by atoms with Crippen molar-refractivity contribution in [3.05, 3.63) is 57.6 Å². The molecule has 3 N–H and O–H groups in total. The van der Waals surface area contributed by atoms with Gasteiger partial charge < -0.3 is 20.7 Å². The van der Waals surface area contributed by atoms with Crippen molar-refractivity contribution in [3.63, 3.8) is 0 Å². The topological polar surface area (TPSA) is 92.4 Å². The van der Waals surface area contributed by atoms with Gasteiger partial charge in [-0.25, -0.2) is 18.6 Å². The fraction of sp³-hybridized carbons (Fsp3) is 0.318. The standard InChI is InChI=1S/C22H19ClF2N4O3S/c1-32-10-7-13(24)16(14(25)8-10)11-9-26-19(30)17(11)28-21(31)29-22(5-6-22)20-27-15-4-2-3-12(23)18(15)33-20/h2-4,7-8,11,17H,5-6,9H2,1H3,(H,26,30)(H2,28,29,31)/t11-,17-/m0/s1. The third-order valence-electron chi connectivity index (χ3n) is 6.01. The van der Waals surface area contributed by atoms with E-state index in [1.807, 2.05) is 12.1 Å². The molecule has 1 aliphatic heterocycles. The molecule has 0 bridgehead atoms. The summed E-state index contributed by atoms with van der Waals surface area (Å²) < 4.78 is 35.0. The minimum atomic E-state index is -1.14. The number of nitrogens with one attached hydrogen (secondary N) is 3. The van der Waals surface area contributed by atoms with Crippen LogP contribution in [0, 0.1) is 11.6 Å². The van der Waals surface area contributed by atoms with Crippen molar-refractivity contribution in [2.24, 2.45) is 0 Å². The van der Waals surface area contributed by atoms with E-state index in [2.05, 4.69) is 20.9 Å². The van der Waals surface area contributed by atoms with E-state index in [1.54, 1.807) is 6.07 Å². The summed E-state index contributed by atoms with van der Waals surface area (Å²) in [6, 6.07) is 5.79. The van der Waals surface area contributed by atoms with Crippen molar-refractivity contribution in [3.8, 4) is 5.75 Å². The van der Waals surface area contributed by atoms with Crippen molar-refractivity contribution >= 4 is 45.1 Å².